The highest BCUT2D eigenvalue weighted by Gasteiger charge is 2.22. The molecule has 1 fully saturated rings. The van der Waals surface area contributed by atoms with Gasteiger partial charge in [0.05, 0.1) is 30.2 Å². The van der Waals surface area contributed by atoms with Gasteiger partial charge in [0.25, 0.3) is 10.0 Å². The number of rotatable bonds is 5. The molecule has 6 nitrogen and oxygen atoms in total. The molecule has 1 aliphatic rings. The van der Waals surface area contributed by atoms with Crippen LogP contribution in [0.4, 0.5) is 5.69 Å². The van der Waals surface area contributed by atoms with Crippen LogP contribution in [-0.2, 0) is 26.0 Å². The zero-order valence-corrected chi connectivity index (χ0v) is 16.6. The predicted octanol–water partition coefficient (Wildman–Crippen LogP) is 2.91. The third-order valence-corrected chi connectivity index (χ3v) is 6.91. The average Bonchev–Trinajstić information content (AvgIpc) is 3.04. The summed E-state index contributed by atoms with van der Waals surface area (Å²) >= 11 is 7.39. The lowest BCUT2D eigenvalue weighted by Gasteiger charge is -2.26. The number of carbonyl (C=O) groups is 1. The molecule has 9 heteroatoms. The maximum absolute atomic E-state index is 12.7. The smallest absolute Gasteiger partial charge is 0.262 e. The molecule has 1 amide bonds. The standard InChI is InChI=1S/C17H19ClN2O4S2/c1-12-14(18)3-2-4-16(12)26(22,23)19-15-11-25-10-13(15)9-17(21)20-5-7-24-8-6-20/h2-4,10-11,19H,5-9H2,1H3. The monoisotopic (exact) mass is 414 g/mol. The summed E-state index contributed by atoms with van der Waals surface area (Å²) < 4.78 is 33.3. The van der Waals surface area contributed by atoms with Gasteiger partial charge >= 0.3 is 0 Å². The van der Waals surface area contributed by atoms with Crippen LogP contribution in [0.3, 0.4) is 0 Å². The van der Waals surface area contributed by atoms with Gasteiger partial charge in [-0.25, -0.2) is 8.42 Å². The third kappa shape index (κ3) is 4.20. The maximum Gasteiger partial charge on any atom is 0.262 e. The molecule has 0 saturated carbocycles. The van der Waals surface area contributed by atoms with Crippen LogP contribution < -0.4 is 4.72 Å². The van der Waals surface area contributed by atoms with E-state index >= 15 is 0 Å². The van der Waals surface area contributed by atoms with E-state index in [9.17, 15) is 13.2 Å². The van der Waals surface area contributed by atoms with Gasteiger partial charge in [0, 0.05) is 23.5 Å². The average molecular weight is 415 g/mol. The quantitative estimate of drug-likeness (QED) is 0.816. The van der Waals surface area contributed by atoms with Crippen LogP contribution in [0.5, 0.6) is 0 Å². The number of thiophene rings is 1. The highest BCUT2D eigenvalue weighted by molar-refractivity contribution is 7.92. The van der Waals surface area contributed by atoms with E-state index < -0.39 is 10.0 Å². The first kappa shape index (κ1) is 19.2. The van der Waals surface area contributed by atoms with Gasteiger partial charge in [0.1, 0.15) is 0 Å². The van der Waals surface area contributed by atoms with Gasteiger partial charge in [-0.2, -0.15) is 0 Å². The van der Waals surface area contributed by atoms with Crippen LogP contribution in [-0.4, -0.2) is 45.5 Å². The topological polar surface area (TPSA) is 75.7 Å². The van der Waals surface area contributed by atoms with E-state index in [-0.39, 0.29) is 17.2 Å². The number of amides is 1. The minimum absolute atomic E-state index is 0.0360. The number of ether oxygens (including phenoxy) is 1. The van der Waals surface area contributed by atoms with Crippen molar-refractivity contribution in [2.45, 2.75) is 18.2 Å². The fourth-order valence-corrected chi connectivity index (χ4v) is 5.17. The van der Waals surface area contributed by atoms with E-state index in [4.69, 9.17) is 16.3 Å². The van der Waals surface area contributed by atoms with Crippen LogP contribution in [0.2, 0.25) is 5.02 Å². The summed E-state index contributed by atoms with van der Waals surface area (Å²) in [5, 5.41) is 3.88. The summed E-state index contributed by atoms with van der Waals surface area (Å²) in [5.74, 6) is -0.0360. The first-order valence-electron chi connectivity index (χ1n) is 8.07. The molecule has 1 saturated heterocycles. The van der Waals surface area contributed by atoms with Gasteiger partial charge in [-0.3, -0.25) is 9.52 Å². The molecule has 0 atom stereocenters. The van der Waals surface area contributed by atoms with Crippen molar-refractivity contribution in [3.05, 3.63) is 45.1 Å². The zero-order valence-electron chi connectivity index (χ0n) is 14.2. The van der Waals surface area contributed by atoms with Gasteiger partial charge in [-0.15, -0.1) is 11.3 Å². The first-order chi connectivity index (χ1) is 12.4. The molecule has 0 spiro atoms. The Kier molecular flexibility index (Phi) is 5.86. The lowest BCUT2D eigenvalue weighted by Crippen LogP contribution is -2.41. The van der Waals surface area contributed by atoms with Crippen molar-refractivity contribution in [3.63, 3.8) is 0 Å². The second kappa shape index (κ2) is 7.96. The summed E-state index contributed by atoms with van der Waals surface area (Å²) in [6.07, 6.45) is 0.149. The van der Waals surface area contributed by atoms with Crippen LogP contribution in [0.1, 0.15) is 11.1 Å². The Morgan fingerprint density at radius 2 is 2.04 bits per heavy atom. The van der Waals surface area contributed by atoms with E-state index in [1.165, 1.54) is 17.4 Å². The van der Waals surface area contributed by atoms with E-state index in [1.54, 1.807) is 34.7 Å². The number of hydrogen-bond donors (Lipinski definition) is 1. The molecule has 3 rings (SSSR count). The molecule has 140 valence electrons. The van der Waals surface area contributed by atoms with Crippen LogP contribution >= 0.6 is 22.9 Å². The summed E-state index contributed by atoms with van der Waals surface area (Å²) in [6, 6.07) is 4.75. The van der Waals surface area contributed by atoms with Gasteiger partial charge in [-0.05, 0) is 35.6 Å². The van der Waals surface area contributed by atoms with E-state index in [0.29, 0.717) is 48.1 Å². The Morgan fingerprint density at radius 1 is 1.31 bits per heavy atom. The molecule has 0 bridgehead atoms. The van der Waals surface area contributed by atoms with Crippen LogP contribution in [0, 0.1) is 6.92 Å². The Labute approximate surface area is 161 Å². The lowest BCUT2D eigenvalue weighted by atomic mass is 10.2. The molecule has 1 aliphatic heterocycles. The van der Waals surface area contributed by atoms with Crippen molar-refractivity contribution in [1.82, 2.24) is 4.90 Å². The molecule has 2 aromatic rings. The molecule has 1 aromatic carbocycles. The molecule has 0 unspecified atom stereocenters. The van der Waals surface area contributed by atoms with E-state index in [1.807, 2.05) is 0 Å². The number of sulfonamides is 1. The Bertz CT molecular complexity index is 905. The summed E-state index contributed by atoms with van der Waals surface area (Å²) in [7, 11) is -3.79. The number of nitrogens with one attached hydrogen (secondary N) is 1. The molecule has 0 aliphatic carbocycles. The Hall–Kier alpha value is -1.61. The van der Waals surface area contributed by atoms with Crippen molar-refractivity contribution in [2.24, 2.45) is 0 Å². The summed E-state index contributed by atoms with van der Waals surface area (Å²) in [6.45, 7) is 3.84. The number of anilines is 1. The number of benzene rings is 1. The van der Waals surface area contributed by atoms with Gasteiger partial charge in [0.2, 0.25) is 5.91 Å². The Morgan fingerprint density at radius 3 is 2.77 bits per heavy atom. The van der Waals surface area contributed by atoms with Gasteiger partial charge in [0.15, 0.2) is 0 Å². The molecule has 1 aromatic heterocycles. The van der Waals surface area contributed by atoms with Crippen LogP contribution in [0.15, 0.2) is 33.9 Å². The van der Waals surface area contributed by atoms with E-state index in [2.05, 4.69) is 4.72 Å². The number of halogens is 1. The molecule has 2 heterocycles. The first-order valence-corrected chi connectivity index (χ1v) is 10.9. The number of nitrogens with zero attached hydrogens (tertiary/aromatic N) is 1. The fourth-order valence-electron chi connectivity index (χ4n) is 2.72. The normalized spacial score (nSPS) is 15.1. The lowest BCUT2D eigenvalue weighted by molar-refractivity contribution is -0.134. The van der Waals surface area contributed by atoms with Crippen LogP contribution in [0.25, 0.3) is 0 Å². The van der Waals surface area contributed by atoms with Crippen molar-refractivity contribution < 1.29 is 17.9 Å². The zero-order chi connectivity index (χ0) is 18.7. The second-order valence-electron chi connectivity index (χ2n) is 5.95. The summed E-state index contributed by atoms with van der Waals surface area (Å²) in [4.78, 5) is 14.3. The minimum atomic E-state index is -3.79. The SMILES string of the molecule is Cc1c(Cl)cccc1S(=O)(=O)Nc1cscc1CC(=O)N1CCOCC1. The van der Waals surface area contributed by atoms with Gasteiger partial charge < -0.3 is 9.64 Å². The molecular formula is C17H19ClN2O4S2. The minimum Gasteiger partial charge on any atom is -0.378 e. The maximum atomic E-state index is 12.7. The highest BCUT2D eigenvalue weighted by atomic mass is 35.5. The van der Waals surface area contributed by atoms with Crippen molar-refractivity contribution in [3.8, 4) is 0 Å². The number of hydrogen-bond acceptors (Lipinski definition) is 5. The number of morpholine rings is 1. The molecule has 0 radical (unpaired) electrons. The second-order valence-corrected chi connectivity index (χ2v) is 8.75. The molecular weight excluding hydrogens is 396 g/mol. The summed E-state index contributed by atoms with van der Waals surface area (Å²) in [5.41, 5.74) is 1.58. The Balaban J connectivity index is 1.78. The highest BCUT2D eigenvalue weighted by Crippen LogP contribution is 2.28. The number of carbonyl (C=O) groups excluding carboxylic acids is 1. The van der Waals surface area contributed by atoms with Crippen molar-refractivity contribution >= 4 is 44.6 Å². The predicted molar refractivity (Wildman–Crippen MR) is 102 cm³/mol. The molecule has 26 heavy (non-hydrogen) atoms. The largest absolute Gasteiger partial charge is 0.378 e. The fraction of sp³-hybridized carbons (Fsp3) is 0.353. The van der Waals surface area contributed by atoms with Gasteiger partial charge in [-0.1, -0.05) is 17.7 Å². The van der Waals surface area contributed by atoms with Crippen molar-refractivity contribution in [1.29, 1.82) is 0 Å². The van der Waals surface area contributed by atoms with Crippen molar-refractivity contribution in [2.75, 3.05) is 31.0 Å². The third-order valence-electron chi connectivity index (χ3n) is 4.20. The molecule has 1 N–H and O–H groups in total. The van der Waals surface area contributed by atoms with E-state index in [0.717, 1.165) is 0 Å².